The van der Waals surface area contributed by atoms with Crippen LogP contribution >= 0.6 is 0 Å². The first-order valence-electron chi connectivity index (χ1n) is 12.2. The van der Waals surface area contributed by atoms with Crippen LogP contribution in [-0.4, -0.2) is 73.1 Å². The summed E-state index contributed by atoms with van der Waals surface area (Å²) in [7, 11) is 1.89. The fraction of sp³-hybridized carbons (Fsp3) is 0.520. The Hall–Kier alpha value is -3.81. The molecule has 0 amide bonds. The molecule has 2 heterocycles. The molecule has 3 rings (SSSR count). The highest BCUT2D eigenvalue weighted by atomic mass is 19.4. The van der Waals surface area contributed by atoms with Crippen molar-refractivity contribution >= 4 is 29.3 Å². The molecule has 0 aliphatic carbocycles. The van der Waals surface area contributed by atoms with E-state index in [1.807, 2.05) is 28.3 Å². The van der Waals surface area contributed by atoms with E-state index in [2.05, 4.69) is 4.98 Å². The Bertz CT molecular complexity index is 1130. The van der Waals surface area contributed by atoms with Gasteiger partial charge in [-0.25, -0.2) is 9.78 Å². The SMILES string of the molecule is CCN(Cc1cncn1C)c1ccc(N2CCCCC2)c(C(F)(F)F)c1.O=C(O)CC(O)(CC(=O)O)C(=O)O. The lowest BCUT2D eigenvalue weighted by Crippen LogP contribution is -2.42. The minimum absolute atomic E-state index is 0.303. The van der Waals surface area contributed by atoms with Crippen LogP contribution in [0, 0.1) is 0 Å². The molecule has 0 radical (unpaired) electrons. The van der Waals surface area contributed by atoms with E-state index in [9.17, 15) is 27.6 Å². The Balaban J connectivity index is 0.000000349. The Morgan fingerprint density at radius 2 is 1.62 bits per heavy atom. The van der Waals surface area contributed by atoms with Gasteiger partial charge in [0, 0.05) is 44.3 Å². The second-order valence-electron chi connectivity index (χ2n) is 9.23. The number of aromatic nitrogens is 2. The van der Waals surface area contributed by atoms with Crippen molar-refractivity contribution in [1.29, 1.82) is 0 Å². The van der Waals surface area contributed by atoms with Crippen LogP contribution in [-0.2, 0) is 34.2 Å². The molecule has 4 N–H and O–H groups in total. The Labute approximate surface area is 223 Å². The van der Waals surface area contributed by atoms with Gasteiger partial charge < -0.3 is 34.8 Å². The number of aryl methyl sites for hydroxylation is 1. The normalized spacial score (nSPS) is 13.8. The summed E-state index contributed by atoms with van der Waals surface area (Å²) in [6, 6.07) is 4.73. The van der Waals surface area contributed by atoms with Crippen LogP contribution in [0.25, 0.3) is 0 Å². The molecule has 1 aromatic heterocycles. The second kappa shape index (κ2) is 13.3. The minimum Gasteiger partial charge on any atom is -0.481 e. The van der Waals surface area contributed by atoms with Crippen molar-refractivity contribution < 1.29 is 48.0 Å². The van der Waals surface area contributed by atoms with Crippen LogP contribution in [0.15, 0.2) is 30.7 Å². The quantitative estimate of drug-likeness (QED) is 0.341. The largest absolute Gasteiger partial charge is 0.481 e. The number of halogens is 3. The van der Waals surface area contributed by atoms with E-state index in [4.69, 9.17) is 20.4 Å². The smallest absolute Gasteiger partial charge is 0.418 e. The number of rotatable bonds is 10. The number of hydrogen-bond acceptors (Lipinski definition) is 7. The lowest BCUT2D eigenvalue weighted by Gasteiger charge is -2.32. The van der Waals surface area contributed by atoms with Crippen molar-refractivity contribution in [1.82, 2.24) is 9.55 Å². The zero-order chi connectivity index (χ0) is 29.4. The van der Waals surface area contributed by atoms with Crippen molar-refractivity contribution in [3.63, 3.8) is 0 Å². The summed E-state index contributed by atoms with van der Waals surface area (Å²) in [6.45, 7) is 4.46. The third-order valence-electron chi connectivity index (χ3n) is 6.28. The highest BCUT2D eigenvalue weighted by molar-refractivity contribution is 5.88. The number of benzene rings is 1. The number of aliphatic hydroxyl groups is 1. The molecule has 1 aromatic carbocycles. The summed E-state index contributed by atoms with van der Waals surface area (Å²) in [5, 5.41) is 33.8. The van der Waals surface area contributed by atoms with E-state index < -0.39 is 48.1 Å². The summed E-state index contributed by atoms with van der Waals surface area (Å²) >= 11 is 0. The lowest BCUT2D eigenvalue weighted by atomic mass is 9.96. The number of hydrogen-bond donors (Lipinski definition) is 4. The Kier molecular flexibility index (Phi) is 10.7. The van der Waals surface area contributed by atoms with E-state index in [0.717, 1.165) is 25.0 Å². The maximum Gasteiger partial charge on any atom is 0.418 e. The molecule has 0 saturated carbocycles. The van der Waals surface area contributed by atoms with Crippen LogP contribution in [0.2, 0.25) is 0 Å². The first kappa shape index (κ1) is 31.4. The third-order valence-corrected chi connectivity index (χ3v) is 6.28. The van der Waals surface area contributed by atoms with Gasteiger partial charge in [0.05, 0.1) is 37.0 Å². The molecule has 1 saturated heterocycles. The van der Waals surface area contributed by atoms with Gasteiger partial charge in [0.15, 0.2) is 5.60 Å². The van der Waals surface area contributed by atoms with Crippen molar-refractivity contribution in [2.45, 2.75) is 57.3 Å². The minimum atomic E-state index is -4.37. The fourth-order valence-corrected chi connectivity index (χ4v) is 4.19. The van der Waals surface area contributed by atoms with Crippen LogP contribution in [0.3, 0.4) is 0 Å². The molecule has 0 atom stereocenters. The molecule has 0 bridgehead atoms. The standard InChI is InChI=1S/C19H25F3N4.C6H8O7/c1-3-25(13-16-12-23-14-24(16)2)15-7-8-18(17(11-15)19(20,21)22)26-9-5-4-6-10-26;7-3(8)1-6(13,5(11)12)2-4(9)10/h7-8,11-12,14H,3-6,9-10,13H2,1-2H3;13H,1-2H2,(H,7,8)(H,9,10)(H,11,12). The van der Waals surface area contributed by atoms with Crippen molar-refractivity contribution in [3.8, 4) is 0 Å². The van der Waals surface area contributed by atoms with Crippen LogP contribution in [0.4, 0.5) is 24.5 Å². The fourth-order valence-electron chi connectivity index (χ4n) is 4.19. The predicted octanol–water partition coefficient (Wildman–Crippen LogP) is 3.21. The summed E-state index contributed by atoms with van der Waals surface area (Å²) in [4.78, 5) is 38.4. The number of nitrogens with zero attached hydrogens (tertiary/aromatic N) is 4. The van der Waals surface area contributed by atoms with Gasteiger partial charge in [0.2, 0.25) is 0 Å². The zero-order valence-corrected chi connectivity index (χ0v) is 21.7. The first-order chi connectivity index (χ1) is 18.2. The predicted molar refractivity (Wildman–Crippen MR) is 135 cm³/mol. The van der Waals surface area contributed by atoms with E-state index in [1.54, 1.807) is 24.7 Å². The molecule has 11 nitrogen and oxygen atoms in total. The summed E-state index contributed by atoms with van der Waals surface area (Å²) in [5.41, 5.74) is -1.43. The summed E-state index contributed by atoms with van der Waals surface area (Å²) in [5.74, 6) is -5.02. The Morgan fingerprint density at radius 3 is 2.05 bits per heavy atom. The van der Waals surface area contributed by atoms with Gasteiger partial charge in [0.1, 0.15) is 0 Å². The molecule has 1 aliphatic heterocycles. The van der Waals surface area contributed by atoms with Crippen molar-refractivity contribution in [3.05, 3.63) is 42.0 Å². The number of anilines is 2. The number of imidazole rings is 1. The molecule has 1 aliphatic rings. The number of piperidine rings is 1. The summed E-state index contributed by atoms with van der Waals surface area (Å²) in [6.07, 6.45) is -0.233. The molecule has 39 heavy (non-hydrogen) atoms. The average molecular weight is 559 g/mol. The number of alkyl halides is 3. The van der Waals surface area contributed by atoms with Crippen LogP contribution in [0.5, 0.6) is 0 Å². The van der Waals surface area contributed by atoms with E-state index >= 15 is 0 Å². The van der Waals surface area contributed by atoms with Gasteiger partial charge in [-0.05, 0) is 44.4 Å². The molecular formula is C25H33F3N4O7. The molecule has 2 aromatic rings. The van der Waals surface area contributed by atoms with Gasteiger partial charge in [0.25, 0.3) is 0 Å². The molecular weight excluding hydrogens is 525 g/mol. The van der Waals surface area contributed by atoms with E-state index in [0.29, 0.717) is 37.6 Å². The van der Waals surface area contributed by atoms with E-state index in [1.165, 1.54) is 6.07 Å². The van der Waals surface area contributed by atoms with Gasteiger partial charge in [-0.2, -0.15) is 13.2 Å². The summed E-state index contributed by atoms with van der Waals surface area (Å²) < 4.78 is 43.1. The number of carboxylic acids is 3. The monoisotopic (exact) mass is 558 g/mol. The molecule has 0 spiro atoms. The molecule has 0 unspecified atom stereocenters. The zero-order valence-electron chi connectivity index (χ0n) is 21.7. The first-order valence-corrected chi connectivity index (χ1v) is 12.2. The van der Waals surface area contributed by atoms with Crippen molar-refractivity contribution in [2.24, 2.45) is 7.05 Å². The highest BCUT2D eigenvalue weighted by Crippen LogP contribution is 2.40. The number of carbonyl (C=O) groups is 3. The maximum atomic E-state index is 13.7. The Morgan fingerprint density at radius 1 is 1.03 bits per heavy atom. The third kappa shape index (κ3) is 8.87. The molecule has 1 fully saturated rings. The van der Waals surface area contributed by atoms with Gasteiger partial charge in [-0.3, -0.25) is 9.59 Å². The van der Waals surface area contributed by atoms with E-state index in [-0.39, 0.29) is 0 Å². The maximum absolute atomic E-state index is 13.7. The highest BCUT2D eigenvalue weighted by Gasteiger charge is 2.41. The van der Waals surface area contributed by atoms with Crippen LogP contribution in [0.1, 0.15) is 50.3 Å². The van der Waals surface area contributed by atoms with Gasteiger partial charge in [-0.15, -0.1) is 0 Å². The topological polar surface area (TPSA) is 156 Å². The molecule has 14 heteroatoms. The van der Waals surface area contributed by atoms with Gasteiger partial charge in [-0.1, -0.05) is 0 Å². The average Bonchev–Trinajstić information content (AvgIpc) is 3.25. The number of aliphatic carboxylic acids is 3. The van der Waals surface area contributed by atoms with Crippen LogP contribution < -0.4 is 9.80 Å². The second-order valence-corrected chi connectivity index (χ2v) is 9.23. The van der Waals surface area contributed by atoms with Gasteiger partial charge >= 0.3 is 24.1 Å². The number of carboxylic acid groups (broad SMARTS) is 3. The molecule has 216 valence electrons. The lowest BCUT2D eigenvalue weighted by molar-refractivity contribution is -0.170. The van der Waals surface area contributed by atoms with Crippen molar-refractivity contribution in [2.75, 3.05) is 29.4 Å².